The van der Waals surface area contributed by atoms with Crippen LogP contribution >= 0.6 is 0 Å². The zero-order chi connectivity index (χ0) is 17.0. The summed E-state index contributed by atoms with van der Waals surface area (Å²) in [6.07, 6.45) is 1.60. The van der Waals surface area contributed by atoms with E-state index >= 15 is 0 Å². The zero-order valence-corrected chi connectivity index (χ0v) is 13.3. The van der Waals surface area contributed by atoms with Gasteiger partial charge in [0.05, 0.1) is 12.2 Å². The van der Waals surface area contributed by atoms with Gasteiger partial charge in [-0.3, -0.25) is 5.32 Å². The van der Waals surface area contributed by atoms with Gasteiger partial charge in [-0.05, 0) is 30.5 Å². The number of nitrogens with zero attached hydrogens (tertiary/aromatic N) is 2. The first-order valence-corrected chi connectivity index (χ1v) is 7.40. The van der Waals surface area contributed by atoms with Crippen molar-refractivity contribution >= 4 is 11.8 Å². The highest BCUT2D eigenvalue weighted by atomic mass is 19.1. The van der Waals surface area contributed by atoms with Gasteiger partial charge in [-0.2, -0.15) is 5.10 Å². The molecule has 0 aliphatic rings. The second kappa shape index (κ2) is 7.21. The SMILES string of the molecule is CC(C)Cn1nccc1NC(=O)N[C@@H](C)c1cc(F)cc(F)c1. The van der Waals surface area contributed by atoms with E-state index < -0.39 is 23.7 Å². The van der Waals surface area contributed by atoms with E-state index in [1.807, 2.05) is 13.8 Å². The van der Waals surface area contributed by atoms with E-state index in [1.165, 1.54) is 12.1 Å². The third-order valence-corrected chi connectivity index (χ3v) is 3.23. The van der Waals surface area contributed by atoms with Crippen molar-refractivity contribution in [3.05, 3.63) is 47.7 Å². The lowest BCUT2D eigenvalue weighted by atomic mass is 10.1. The van der Waals surface area contributed by atoms with Gasteiger partial charge in [-0.15, -0.1) is 0 Å². The molecule has 0 aliphatic heterocycles. The second-order valence-electron chi connectivity index (χ2n) is 5.82. The molecule has 2 aromatic rings. The summed E-state index contributed by atoms with van der Waals surface area (Å²) in [7, 11) is 0. The molecule has 0 spiro atoms. The molecule has 124 valence electrons. The van der Waals surface area contributed by atoms with Gasteiger partial charge in [0.25, 0.3) is 0 Å². The summed E-state index contributed by atoms with van der Waals surface area (Å²) >= 11 is 0. The Balaban J connectivity index is 2.00. The molecule has 0 fully saturated rings. The number of urea groups is 1. The van der Waals surface area contributed by atoms with Crippen LogP contribution in [0.15, 0.2) is 30.5 Å². The van der Waals surface area contributed by atoms with Crippen LogP contribution in [0.5, 0.6) is 0 Å². The molecule has 0 saturated carbocycles. The Bertz CT molecular complexity index is 664. The molecule has 7 heteroatoms. The topological polar surface area (TPSA) is 59.0 Å². The first kappa shape index (κ1) is 16.9. The number of benzene rings is 1. The third kappa shape index (κ3) is 4.77. The van der Waals surface area contributed by atoms with Crippen molar-refractivity contribution in [2.45, 2.75) is 33.4 Å². The van der Waals surface area contributed by atoms with Crippen LogP contribution in [0.3, 0.4) is 0 Å². The van der Waals surface area contributed by atoms with E-state index in [-0.39, 0.29) is 0 Å². The Labute approximate surface area is 133 Å². The normalized spacial score (nSPS) is 12.3. The number of aromatic nitrogens is 2. The van der Waals surface area contributed by atoms with E-state index in [1.54, 1.807) is 23.9 Å². The van der Waals surface area contributed by atoms with Crippen molar-refractivity contribution in [1.29, 1.82) is 0 Å². The van der Waals surface area contributed by atoms with Gasteiger partial charge in [0, 0.05) is 18.7 Å². The number of rotatable bonds is 5. The molecule has 2 N–H and O–H groups in total. The number of hydrogen-bond acceptors (Lipinski definition) is 2. The first-order valence-electron chi connectivity index (χ1n) is 7.40. The quantitative estimate of drug-likeness (QED) is 0.882. The molecule has 2 amide bonds. The maximum Gasteiger partial charge on any atom is 0.320 e. The average molecular weight is 322 g/mol. The molecular formula is C16H20F2N4O. The molecule has 0 bridgehead atoms. The van der Waals surface area contributed by atoms with E-state index in [4.69, 9.17) is 0 Å². The average Bonchev–Trinajstić information content (AvgIpc) is 2.83. The van der Waals surface area contributed by atoms with Crippen LogP contribution in [-0.2, 0) is 6.54 Å². The summed E-state index contributed by atoms with van der Waals surface area (Å²) in [6, 6.07) is 3.86. The number of hydrogen-bond donors (Lipinski definition) is 2. The number of carbonyl (C=O) groups excluding carboxylic acids is 1. The molecule has 0 aliphatic carbocycles. The first-order chi connectivity index (χ1) is 10.8. The molecule has 2 rings (SSSR count). The molecule has 0 radical (unpaired) electrons. The maximum absolute atomic E-state index is 13.2. The van der Waals surface area contributed by atoms with Crippen molar-refractivity contribution in [3.8, 4) is 0 Å². The minimum Gasteiger partial charge on any atom is -0.331 e. The van der Waals surface area contributed by atoms with Gasteiger partial charge in [0.15, 0.2) is 0 Å². The molecule has 1 aromatic carbocycles. The molecule has 0 unspecified atom stereocenters. The number of halogens is 2. The van der Waals surface area contributed by atoms with Crippen LogP contribution in [0.25, 0.3) is 0 Å². The van der Waals surface area contributed by atoms with Crippen LogP contribution in [0.2, 0.25) is 0 Å². The number of carbonyl (C=O) groups is 1. The Morgan fingerprint density at radius 2 is 1.87 bits per heavy atom. The summed E-state index contributed by atoms with van der Waals surface area (Å²) in [5.74, 6) is -0.408. The van der Waals surface area contributed by atoms with Crippen molar-refractivity contribution in [3.63, 3.8) is 0 Å². The van der Waals surface area contributed by atoms with E-state index in [9.17, 15) is 13.6 Å². The van der Waals surface area contributed by atoms with Crippen LogP contribution < -0.4 is 10.6 Å². The highest BCUT2D eigenvalue weighted by Crippen LogP contribution is 2.16. The Hall–Kier alpha value is -2.44. The summed E-state index contributed by atoms with van der Waals surface area (Å²) in [4.78, 5) is 12.1. The lowest BCUT2D eigenvalue weighted by Gasteiger charge is -2.16. The number of nitrogens with one attached hydrogen (secondary N) is 2. The number of amides is 2. The summed E-state index contributed by atoms with van der Waals surface area (Å²) in [5.41, 5.74) is 0.355. The molecule has 1 atom stereocenters. The Kier molecular flexibility index (Phi) is 5.31. The van der Waals surface area contributed by atoms with Crippen LogP contribution in [0.1, 0.15) is 32.4 Å². The molecule has 23 heavy (non-hydrogen) atoms. The van der Waals surface area contributed by atoms with Gasteiger partial charge in [0.2, 0.25) is 0 Å². The van der Waals surface area contributed by atoms with Crippen molar-refractivity contribution in [1.82, 2.24) is 15.1 Å². The lowest BCUT2D eigenvalue weighted by molar-refractivity contribution is 0.249. The lowest BCUT2D eigenvalue weighted by Crippen LogP contribution is -2.32. The minimum atomic E-state index is -0.677. The standard InChI is InChI=1S/C16H20F2N4O/c1-10(2)9-22-15(4-5-19-22)21-16(23)20-11(3)12-6-13(17)8-14(18)7-12/h4-8,10-11H,9H2,1-3H3,(H2,20,21,23)/t11-/m0/s1. The van der Waals surface area contributed by atoms with E-state index in [2.05, 4.69) is 15.7 Å². The van der Waals surface area contributed by atoms with Crippen molar-refractivity contribution in [2.75, 3.05) is 5.32 Å². The molecule has 1 aromatic heterocycles. The van der Waals surface area contributed by atoms with E-state index in [0.29, 0.717) is 23.8 Å². The smallest absolute Gasteiger partial charge is 0.320 e. The molecule has 1 heterocycles. The van der Waals surface area contributed by atoms with Gasteiger partial charge in [0.1, 0.15) is 17.5 Å². The Morgan fingerprint density at radius 3 is 2.48 bits per heavy atom. The fraction of sp³-hybridized carbons (Fsp3) is 0.375. The predicted molar refractivity (Wildman–Crippen MR) is 84.0 cm³/mol. The van der Waals surface area contributed by atoms with Gasteiger partial charge in [-0.1, -0.05) is 13.8 Å². The van der Waals surface area contributed by atoms with Crippen LogP contribution in [0, 0.1) is 17.6 Å². The zero-order valence-electron chi connectivity index (χ0n) is 13.3. The maximum atomic E-state index is 13.2. The predicted octanol–water partition coefficient (Wildman–Crippen LogP) is 3.70. The third-order valence-electron chi connectivity index (χ3n) is 3.23. The Morgan fingerprint density at radius 1 is 1.22 bits per heavy atom. The molecular weight excluding hydrogens is 302 g/mol. The highest BCUT2D eigenvalue weighted by Gasteiger charge is 2.13. The van der Waals surface area contributed by atoms with Gasteiger partial charge < -0.3 is 5.32 Å². The van der Waals surface area contributed by atoms with Crippen LogP contribution in [-0.4, -0.2) is 15.8 Å². The van der Waals surface area contributed by atoms with Crippen LogP contribution in [0.4, 0.5) is 19.4 Å². The van der Waals surface area contributed by atoms with Gasteiger partial charge in [-0.25, -0.2) is 18.3 Å². The van der Waals surface area contributed by atoms with Crippen molar-refractivity contribution in [2.24, 2.45) is 5.92 Å². The summed E-state index contributed by atoms with van der Waals surface area (Å²) in [5, 5.41) is 9.48. The highest BCUT2D eigenvalue weighted by molar-refractivity contribution is 5.88. The van der Waals surface area contributed by atoms with Gasteiger partial charge >= 0.3 is 6.03 Å². The number of anilines is 1. The molecule has 5 nitrogen and oxygen atoms in total. The minimum absolute atomic E-state index is 0.355. The van der Waals surface area contributed by atoms with E-state index in [0.717, 1.165) is 6.07 Å². The largest absolute Gasteiger partial charge is 0.331 e. The summed E-state index contributed by atoms with van der Waals surface area (Å²) < 4.78 is 28.1. The fourth-order valence-corrected chi connectivity index (χ4v) is 2.19. The second-order valence-corrected chi connectivity index (χ2v) is 5.82. The fourth-order valence-electron chi connectivity index (χ4n) is 2.19. The van der Waals surface area contributed by atoms with Crippen molar-refractivity contribution < 1.29 is 13.6 Å². The summed E-state index contributed by atoms with van der Waals surface area (Å²) in [6.45, 7) is 6.42. The molecule has 0 saturated heterocycles. The monoisotopic (exact) mass is 322 g/mol.